The third-order valence-corrected chi connectivity index (χ3v) is 4.94. The zero-order valence-corrected chi connectivity index (χ0v) is 15.9. The average molecular weight is 405 g/mol. The summed E-state index contributed by atoms with van der Waals surface area (Å²) in [5, 5.41) is 4.18. The number of urea groups is 1. The third-order valence-electron chi connectivity index (χ3n) is 3.54. The van der Waals surface area contributed by atoms with E-state index in [1.807, 2.05) is 5.32 Å². The van der Waals surface area contributed by atoms with Crippen LogP contribution < -0.4 is 15.4 Å². The molecule has 0 radical (unpaired) electrons. The van der Waals surface area contributed by atoms with Gasteiger partial charge in [-0.15, -0.1) is 0 Å². The molecule has 0 saturated carbocycles. The highest BCUT2D eigenvalue weighted by Gasteiger charge is 2.21. The number of esters is 1. The van der Waals surface area contributed by atoms with Crippen LogP contribution in [0, 0.1) is 0 Å². The number of nitrogens with one attached hydrogen (secondary N) is 3. The molecule has 3 N–H and O–H groups in total. The van der Waals surface area contributed by atoms with Crippen molar-refractivity contribution in [3.05, 3.63) is 60.2 Å². The molecule has 0 aromatic heterocycles. The van der Waals surface area contributed by atoms with Gasteiger partial charge in [-0.25, -0.2) is 18.0 Å². The first-order valence-corrected chi connectivity index (χ1v) is 9.63. The number of para-hydroxylation sites is 1. The van der Waals surface area contributed by atoms with Gasteiger partial charge in [-0.3, -0.25) is 14.8 Å². The van der Waals surface area contributed by atoms with Crippen molar-refractivity contribution in [3.8, 4) is 0 Å². The summed E-state index contributed by atoms with van der Waals surface area (Å²) in [5.41, 5.74) is 0.459. The smallest absolute Gasteiger partial charge is 0.338 e. The largest absolute Gasteiger partial charge is 0.449 e. The van der Waals surface area contributed by atoms with Gasteiger partial charge in [-0.1, -0.05) is 18.2 Å². The predicted octanol–water partition coefficient (Wildman–Crippen LogP) is 1.49. The van der Waals surface area contributed by atoms with Crippen molar-refractivity contribution >= 4 is 33.6 Å². The molecule has 2 aromatic carbocycles. The molecule has 0 aliphatic carbocycles. The van der Waals surface area contributed by atoms with Gasteiger partial charge in [-0.2, -0.15) is 0 Å². The van der Waals surface area contributed by atoms with E-state index in [0.29, 0.717) is 5.69 Å². The summed E-state index contributed by atoms with van der Waals surface area (Å²) >= 11 is 0. The Morgan fingerprint density at radius 3 is 2.14 bits per heavy atom. The zero-order chi connectivity index (χ0) is 20.7. The number of imide groups is 1. The van der Waals surface area contributed by atoms with E-state index in [9.17, 15) is 22.8 Å². The topological polar surface area (TPSA) is 131 Å². The zero-order valence-electron chi connectivity index (χ0n) is 15.1. The molecule has 0 aliphatic heterocycles. The van der Waals surface area contributed by atoms with E-state index < -0.39 is 34.0 Å². The van der Waals surface area contributed by atoms with Gasteiger partial charge in [0.15, 0.2) is 6.10 Å². The Kier molecular flexibility index (Phi) is 6.72. The number of carbonyl (C=O) groups excluding carboxylic acids is 3. The number of ether oxygens (including phenoxy) is 1. The molecule has 0 saturated heterocycles. The number of sulfonamides is 1. The molecule has 148 valence electrons. The fourth-order valence-corrected chi connectivity index (χ4v) is 3.11. The van der Waals surface area contributed by atoms with E-state index in [2.05, 4.69) is 10.0 Å². The van der Waals surface area contributed by atoms with E-state index in [1.54, 1.807) is 30.3 Å². The first-order chi connectivity index (χ1) is 13.2. The minimum Gasteiger partial charge on any atom is -0.449 e. The fraction of sp³-hybridized carbons (Fsp3) is 0.167. The Hall–Kier alpha value is -3.40. The van der Waals surface area contributed by atoms with Gasteiger partial charge in [0.05, 0.1) is 10.5 Å². The molecular formula is C18H19N3O6S. The number of amides is 3. The Morgan fingerprint density at radius 1 is 0.964 bits per heavy atom. The van der Waals surface area contributed by atoms with Crippen molar-refractivity contribution in [1.29, 1.82) is 0 Å². The maximum atomic E-state index is 12.4. The molecule has 2 aromatic rings. The second-order valence-corrected chi connectivity index (χ2v) is 7.29. The van der Waals surface area contributed by atoms with E-state index in [1.165, 1.54) is 38.2 Å². The molecule has 28 heavy (non-hydrogen) atoms. The first-order valence-electron chi connectivity index (χ1n) is 8.14. The minimum atomic E-state index is -3.82. The summed E-state index contributed by atoms with van der Waals surface area (Å²) in [6.45, 7) is 1.30. The summed E-state index contributed by atoms with van der Waals surface area (Å²) in [5.74, 6) is -1.63. The van der Waals surface area contributed by atoms with Gasteiger partial charge in [0.25, 0.3) is 15.9 Å². The van der Waals surface area contributed by atoms with Crippen LogP contribution in [-0.2, 0) is 19.6 Å². The molecule has 1 atom stereocenters. The van der Waals surface area contributed by atoms with Crippen molar-refractivity contribution in [1.82, 2.24) is 10.6 Å². The fourth-order valence-electron chi connectivity index (χ4n) is 2.05. The monoisotopic (exact) mass is 405 g/mol. The van der Waals surface area contributed by atoms with Crippen LogP contribution in [0.5, 0.6) is 0 Å². The van der Waals surface area contributed by atoms with Gasteiger partial charge in [-0.05, 0) is 43.3 Å². The van der Waals surface area contributed by atoms with E-state index in [0.717, 1.165) is 0 Å². The highest BCUT2D eigenvalue weighted by atomic mass is 32.2. The standard InChI is InChI=1S/C18H19N3O6S/c1-12(16(22)20-18(24)19-2)27-17(23)13-8-10-15(11-9-13)28(25,26)21-14-6-4-3-5-7-14/h3-12,21H,1-2H3,(H2,19,20,22,24). The number of anilines is 1. The van der Waals surface area contributed by atoms with Gasteiger partial charge < -0.3 is 10.1 Å². The molecular weight excluding hydrogens is 386 g/mol. The molecule has 1 unspecified atom stereocenters. The maximum Gasteiger partial charge on any atom is 0.338 e. The van der Waals surface area contributed by atoms with Crippen LogP contribution in [0.15, 0.2) is 59.5 Å². The highest BCUT2D eigenvalue weighted by molar-refractivity contribution is 7.92. The molecule has 0 aliphatic rings. The summed E-state index contributed by atoms with van der Waals surface area (Å²) in [7, 11) is -2.48. The lowest BCUT2D eigenvalue weighted by Gasteiger charge is -2.13. The van der Waals surface area contributed by atoms with Crippen LogP contribution in [0.2, 0.25) is 0 Å². The van der Waals surface area contributed by atoms with Gasteiger partial charge in [0.1, 0.15) is 0 Å². The summed E-state index contributed by atoms with van der Waals surface area (Å²) in [6.07, 6.45) is -1.21. The molecule has 0 bridgehead atoms. The van der Waals surface area contributed by atoms with Gasteiger partial charge >= 0.3 is 12.0 Å². The Bertz CT molecular complexity index is 959. The van der Waals surface area contributed by atoms with Crippen molar-refractivity contribution in [2.24, 2.45) is 0 Å². The number of carbonyl (C=O) groups is 3. The van der Waals surface area contributed by atoms with Crippen LogP contribution in [0.4, 0.5) is 10.5 Å². The summed E-state index contributed by atoms with van der Waals surface area (Å²) in [6, 6.07) is 12.7. The van der Waals surface area contributed by atoms with E-state index in [-0.39, 0.29) is 10.5 Å². The quantitative estimate of drug-likeness (QED) is 0.624. The molecule has 0 heterocycles. The Balaban J connectivity index is 2.04. The number of hydrogen-bond donors (Lipinski definition) is 3. The lowest BCUT2D eigenvalue weighted by atomic mass is 10.2. The van der Waals surface area contributed by atoms with Crippen molar-refractivity contribution in [2.45, 2.75) is 17.9 Å². The molecule has 0 fully saturated rings. The molecule has 2 rings (SSSR count). The number of benzene rings is 2. The highest BCUT2D eigenvalue weighted by Crippen LogP contribution is 2.17. The third kappa shape index (κ3) is 5.55. The number of rotatable bonds is 6. The van der Waals surface area contributed by atoms with Gasteiger partial charge in [0.2, 0.25) is 0 Å². The van der Waals surface area contributed by atoms with E-state index in [4.69, 9.17) is 4.74 Å². The van der Waals surface area contributed by atoms with Crippen LogP contribution in [0.25, 0.3) is 0 Å². The minimum absolute atomic E-state index is 0.0432. The summed E-state index contributed by atoms with van der Waals surface area (Å²) < 4.78 is 32.1. The van der Waals surface area contributed by atoms with E-state index >= 15 is 0 Å². The summed E-state index contributed by atoms with van der Waals surface area (Å²) in [4.78, 5) is 34.9. The predicted molar refractivity (Wildman–Crippen MR) is 101 cm³/mol. The van der Waals surface area contributed by atoms with Crippen LogP contribution in [0.3, 0.4) is 0 Å². The lowest BCUT2D eigenvalue weighted by Crippen LogP contribution is -2.43. The second kappa shape index (κ2) is 9.00. The molecule has 0 spiro atoms. The normalized spacial score (nSPS) is 11.8. The van der Waals surface area contributed by atoms with Gasteiger partial charge in [0, 0.05) is 12.7 Å². The van der Waals surface area contributed by atoms with Crippen molar-refractivity contribution < 1.29 is 27.5 Å². The lowest BCUT2D eigenvalue weighted by molar-refractivity contribution is -0.127. The maximum absolute atomic E-state index is 12.4. The van der Waals surface area contributed by atoms with Crippen molar-refractivity contribution in [2.75, 3.05) is 11.8 Å². The van der Waals surface area contributed by atoms with Crippen LogP contribution in [-0.4, -0.2) is 39.5 Å². The average Bonchev–Trinajstić information content (AvgIpc) is 2.68. The van der Waals surface area contributed by atoms with Crippen molar-refractivity contribution in [3.63, 3.8) is 0 Å². The first kappa shape index (κ1) is 20.9. The Labute approximate surface area is 162 Å². The Morgan fingerprint density at radius 2 is 1.57 bits per heavy atom. The van der Waals surface area contributed by atoms with Crippen LogP contribution >= 0.6 is 0 Å². The number of hydrogen-bond acceptors (Lipinski definition) is 6. The second-order valence-electron chi connectivity index (χ2n) is 5.61. The van der Waals surface area contributed by atoms with Crippen LogP contribution in [0.1, 0.15) is 17.3 Å². The molecule has 9 nitrogen and oxygen atoms in total. The SMILES string of the molecule is CNC(=O)NC(=O)C(C)OC(=O)c1ccc(S(=O)(=O)Nc2ccccc2)cc1. The molecule has 10 heteroatoms. The molecule has 3 amide bonds.